The molecule has 0 amide bonds. The van der Waals surface area contributed by atoms with Gasteiger partial charge < -0.3 is 9.68 Å². The van der Waals surface area contributed by atoms with Gasteiger partial charge in [0.25, 0.3) is 0 Å². The molecule has 0 fully saturated rings. The average Bonchev–Trinajstić information content (AvgIpc) is 3.25. The largest absolute Gasteiger partial charge is 0.356 e. The number of fused-ring (bicyclic) bond motifs is 2. The zero-order chi connectivity index (χ0) is 17.9. The molecule has 0 unspecified atom stereocenters. The third-order valence-electron chi connectivity index (χ3n) is 3.57. The first-order valence-corrected chi connectivity index (χ1v) is 7.67. The number of benzene rings is 2. The minimum Gasteiger partial charge on any atom is -0.330 e. The highest BCUT2D eigenvalue weighted by molar-refractivity contribution is 5.92. The van der Waals surface area contributed by atoms with E-state index in [4.69, 9.17) is 9.68 Å². The second-order valence-electron chi connectivity index (χ2n) is 5.27. The molecule has 0 saturated heterocycles. The molecule has 0 aliphatic rings. The van der Waals surface area contributed by atoms with Gasteiger partial charge in [-0.25, -0.2) is 19.6 Å². The van der Waals surface area contributed by atoms with Crippen LogP contribution in [0.15, 0.2) is 73.3 Å². The van der Waals surface area contributed by atoms with E-state index in [9.17, 15) is 9.59 Å². The highest BCUT2D eigenvalue weighted by atomic mass is 16.7. The summed E-state index contributed by atoms with van der Waals surface area (Å²) < 4.78 is 2.47. The van der Waals surface area contributed by atoms with E-state index in [1.165, 1.54) is 22.1 Å². The van der Waals surface area contributed by atoms with Crippen molar-refractivity contribution < 1.29 is 19.3 Å². The number of hydrogen-bond donors (Lipinski definition) is 0. The predicted octanol–water partition coefficient (Wildman–Crippen LogP) is 1.55. The molecule has 4 rings (SSSR count). The van der Waals surface area contributed by atoms with Gasteiger partial charge in [0.2, 0.25) is 0 Å². The van der Waals surface area contributed by atoms with Crippen LogP contribution in [-0.4, -0.2) is 31.4 Å². The Labute approximate surface area is 146 Å². The lowest BCUT2D eigenvalue weighted by atomic mass is 10.3. The number of nitrogens with zero attached hydrogens (tertiary/aromatic N) is 4. The van der Waals surface area contributed by atoms with Crippen molar-refractivity contribution in [3.63, 3.8) is 0 Å². The van der Waals surface area contributed by atoms with Crippen molar-refractivity contribution in [2.24, 2.45) is 0 Å². The Balaban J connectivity index is 1.42. The molecule has 2 aromatic carbocycles. The van der Waals surface area contributed by atoms with Crippen LogP contribution in [0.5, 0.6) is 0 Å². The molecular formula is C18H12N4O4. The molecule has 8 nitrogen and oxygen atoms in total. The maximum absolute atomic E-state index is 11.9. The van der Waals surface area contributed by atoms with E-state index in [1.807, 2.05) is 12.1 Å². The third-order valence-corrected chi connectivity index (χ3v) is 3.57. The highest BCUT2D eigenvalue weighted by Crippen LogP contribution is 2.11. The van der Waals surface area contributed by atoms with E-state index in [0.717, 1.165) is 12.2 Å². The maximum atomic E-state index is 11.9. The summed E-state index contributed by atoms with van der Waals surface area (Å²) in [5.74, 6) is -1.47. The molecule has 26 heavy (non-hydrogen) atoms. The Morgan fingerprint density at radius 3 is 1.62 bits per heavy atom. The van der Waals surface area contributed by atoms with E-state index in [1.54, 1.807) is 36.4 Å². The Kier molecular flexibility index (Phi) is 3.91. The van der Waals surface area contributed by atoms with E-state index in [2.05, 4.69) is 9.97 Å². The van der Waals surface area contributed by atoms with Crippen LogP contribution in [0.4, 0.5) is 0 Å². The SMILES string of the molecule is O=C(/C=C/C(=O)On1cnc2ccccc21)On1cnc2ccccc21. The van der Waals surface area contributed by atoms with Gasteiger partial charge in [-0.05, 0) is 24.3 Å². The molecule has 0 aliphatic carbocycles. The molecule has 0 bridgehead atoms. The fourth-order valence-corrected chi connectivity index (χ4v) is 2.41. The normalized spacial score (nSPS) is 11.2. The van der Waals surface area contributed by atoms with Crippen LogP contribution in [0.3, 0.4) is 0 Å². The number of para-hydroxylation sites is 4. The molecule has 2 heterocycles. The molecule has 0 radical (unpaired) electrons. The summed E-state index contributed by atoms with van der Waals surface area (Å²) >= 11 is 0. The zero-order valence-electron chi connectivity index (χ0n) is 13.4. The molecule has 8 heteroatoms. The van der Waals surface area contributed by atoms with Gasteiger partial charge in [-0.3, -0.25) is 0 Å². The molecular weight excluding hydrogens is 336 g/mol. The van der Waals surface area contributed by atoms with Gasteiger partial charge in [0, 0.05) is 12.2 Å². The lowest BCUT2D eigenvalue weighted by Crippen LogP contribution is -2.19. The molecule has 128 valence electrons. The van der Waals surface area contributed by atoms with Crippen molar-refractivity contribution >= 4 is 34.0 Å². The molecule has 4 aromatic rings. The van der Waals surface area contributed by atoms with Crippen LogP contribution in [0.25, 0.3) is 22.1 Å². The average molecular weight is 348 g/mol. The third kappa shape index (κ3) is 3.03. The summed E-state index contributed by atoms with van der Waals surface area (Å²) in [6, 6.07) is 14.4. The Morgan fingerprint density at radius 2 is 1.15 bits per heavy atom. The van der Waals surface area contributed by atoms with Crippen LogP contribution < -0.4 is 9.68 Å². The molecule has 0 saturated carbocycles. The summed E-state index contributed by atoms with van der Waals surface area (Å²) in [5.41, 5.74) is 2.66. The van der Waals surface area contributed by atoms with Gasteiger partial charge >= 0.3 is 11.9 Å². The van der Waals surface area contributed by atoms with Gasteiger partial charge in [-0.2, -0.15) is 9.46 Å². The Hall–Kier alpha value is -3.94. The van der Waals surface area contributed by atoms with Gasteiger partial charge in [-0.1, -0.05) is 24.3 Å². The fourth-order valence-electron chi connectivity index (χ4n) is 2.41. The van der Waals surface area contributed by atoms with Crippen LogP contribution in [0, 0.1) is 0 Å². The zero-order valence-corrected chi connectivity index (χ0v) is 13.4. The maximum Gasteiger partial charge on any atom is 0.356 e. The van der Waals surface area contributed by atoms with E-state index >= 15 is 0 Å². The van der Waals surface area contributed by atoms with Gasteiger partial charge in [0.15, 0.2) is 0 Å². The Bertz CT molecular complexity index is 1050. The van der Waals surface area contributed by atoms with Crippen LogP contribution in [0.2, 0.25) is 0 Å². The number of hydrogen-bond acceptors (Lipinski definition) is 6. The number of rotatable bonds is 4. The van der Waals surface area contributed by atoms with Gasteiger partial charge in [0.1, 0.15) is 23.7 Å². The highest BCUT2D eigenvalue weighted by Gasteiger charge is 2.08. The minimum atomic E-state index is -0.736. The number of aromatic nitrogens is 4. The van der Waals surface area contributed by atoms with Crippen molar-refractivity contribution in [2.45, 2.75) is 0 Å². The number of imidazole rings is 2. The van der Waals surface area contributed by atoms with Crippen molar-refractivity contribution in [3.05, 3.63) is 73.3 Å². The molecule has 0 atom stereocenters. The van der Waals surface area contributed by atoms with E-state index in [-0.39, 0.29) is 0 Å². The van der Waals surface area contributed by atoms with Crippen molar-refractivity contribution in [3.8, 4) is 0 Å². The van der Waals surface area contributed by atoms with Crippen LogP contribution in [-0.2, 0) is 9.59 Å². The molecule has 0 spiro atoms. The van der Waals surface area contributed by atoms with Crippen LogP contribution in [0.1, 0.15) is 0 Å². The summed E-state index contributed by atoms with van der Waals surface area (Å²) in [4.78, 5) is 42.2. The quantitative estimate of drug-likeness (QED) is 0.520. The molecule has 0 aliphatic heterocycles. The lowest BCUT2D eigenvalue weighted by molar-refractivity contribution is -0.140. The Morgan fingerprint density at radius 1 is 0.731 bits per heavy atom. The first-order chi connectivity index (χ1) is 12.7. The van der Waals surface area contributed by atoms with Crippen molar-refractivity contribution in [1.82, 2.24) is 19.4 Å². The summed E-state index contributed by atoms with van der Waals surface area (Å²) in [6.07, 6.45) is 4.73. The topological polar surface area (TPSA) is 88.2 Å². The summed E-state index contributed by atoms with van der Waals surface area (Å²) in [6.45, 7) is 0. The van der Waals surface area contributed by atoms with Crippen molar-refractivity contribution in [1.29, 1.82) is 0 Å². The number of carbonyl (C=O) groups is 2. The minimum absolute atomic E-state index is 0.640. The first-order valence-electron chi connectivity index (χ1n) is 7.67. The second kappa shape index (κ2) is 6.52. The number of carbonyl (C=O) groups excluding carboxylic acids is 2. The van der Waals surface area contributed by atoms with E-state index < -0.39 is 11.9 Å². The monoisotopic (exact) mass is 348 g/mol. The lowest BCUT2D eigenvalue weighted by Gasteiger charge is -2.03. The predicted molar refractivity (Wildman–Crippen MR) is 91.8 cm³/mol. The summed E-state index contributed by atoms with van der Waals surface area (Å²) in [7, 11) is 0. The van der Waals surface area contributed by atoms with Crippen molar-refractivity contribution in [2.75, 3.05) is 0 Å². The molecule has 2 aromatic heterocycles. The van der Waals surface area contributed by atoms with Gasteiger partial charge in [0.05, 0.1) is 11.0 Å². The smallest absolute Gasteiger partial charge is 0.330 e. The second-order valence-corrected chi connectivity index (χ2v) is 5.27. The molecule has 0 N–H and O–H groups in total. The first kappa shape index (κ1) is 15.6. The standard InChI is InChI=1S/C18H12N4O4/c23-17(25-21-11-19-13-5-1-3-7-15(13)21)9-10-18(24)26-22-12-20-14-6-2-4-8-16(14)22/h1-12H/b10-9+. The fraction of sp³-hybridized carbons (Fsp3) is 0. The van der Waals surface area contributed by atoms with Crippen LogP contribution >= 0.6 is 0 Å². The van der Waals surface area contributed by atoms with E-state index in [0.29, 0.717) is 22.1 Å². The van der Waals surface area contributed by atoms with Gasteiger partial charge in [-0.15, -0.1) is 0 Å². The summed E-state index contributed by atoms with van der Waals surface area (Å²) in [5, 5.41) is 0.